The first-order valence-electron chi connectivity index (χ1n) is 5.69. The highest BCUT2D eigenvalue weighted by Gasteiger charge is 2.12. The number of hydrogen-bond donors (Lipinski definition) is 0. The summed E-state index contributed by atoms with van der Waals surface area (Å²) in [4.78, 5) is 4.31. The summed E-state index contributed by atoms with van der Waals surface area (Å²) in [6.07, 6.45) is 1.74. The molecule has 2 heterocycles. The second-order valence-electron chi connectivity index (χ2n) is 4.23. The van der Waals surface area contributed by atoms with Crippen molar-refractivity contribution in [3.8, 4) is 0 Å². The summed E-state index contributed by atoms with van der Waals surface area (Å²) < 4.78 is 5.92. The Morgan fingerprint density at radius 3 is 2.72 bits per heavy atom. The molecule has 0 unspecified atom stereocenters. The van der Waals surface area contributed by atoms with Crippen molar-refractivity contribution >= 4 is 44.4 Å². The molecule has 18 heavy (non-hydrogen) atoms. The molecule has 0 bridgehead atoms. The molecule has 0 aliphatic rings. The molecule has 4 rings (SSSR count). The third-order valence-electron chi connectivity index (χ3n) is 3.18. The van der Waals surface area contributed by atoms with Crippen LogP contribution in [0.5, 0.6) is 0 Å². The fourth-order valence-corrected chi connectivity index (χ4v) is 2.64. The molecule has 2 aromatic heterocycles. The Balaban J connectivity index is 2.36. The van der Waals surface area contributed by atoms with E-state index in [9.17, 15) is 0 Å². The minimum atomic E-state index is 0.657. The van der Waals surface area contributed by atoms with Crippen molar-refractivity contribution in [1.82, 2.24) is 4.98 Å². The van der Waals surface area contributed by atoms with E-state index >= 15 is 0 Å². The van der Waals surface area contributed by atoms with Gasteiger partial charge in [-0.3, -0.25) is 4.98 Å². The van der Waals surface area contributed by atoms with E-state index in [4.69, 9.17) is 16.0 Å². The Morgan fingerprint density at radius 1 is 0.944 bits per heavy atom. The Kier molecular flexibility index (Phi) is 1.91. The number of rotatable bonds is 0. The van der Waals surface area contributed by atoms with Crippen LogP contribution in [-0.2, 0) is 0 Å². The zero-order chi connectivity index (χ0) is 12.1. The van der Waals surface area contributed by atoms with E-state index in [1.54, 1.807) is 6.20 Å². The van der Waals surface area contributed by atoms with Crippen LogP contribution in [0.1, 0.15) is 0 Å². The quantitative estimate of drug-likeness (QED) is 0.450. The maximum absolute atomic E-state index is 6.29. The summed E-state index contributed by atoms with van der Waals surface area (Å²) >= 11 is 6.29. The van der Waals surface area contributed by atoms with Crippen molar-refractivity contribution in [3.63, 3.8) is 0 Å². The number of nitrogens with zero attached hydrogens (tertiary/aromatic N) is 1. The summed E-state index contributed by atoms with van der Waals surface area (Å²) in [7, 11) is 0. The van der Waals surface area contributed by atoms with Crippen LogP contribution in [0.4, 0.5) is 0 Å². The standard InChI is InChI=1S/C15H8ClNO/c16-12-8-11-9-4-1-2-6-13(9)18-15(11)10-5-3-7-17-14(10)12/h1-8H. The summed E-state index contributed by atoms with van der Waals surface area (Å²) in [5.41, 5.74) is 2.51. The SMILES string of the molecule is Clc1cc2c3ccccc3oc2c2cccnc12. The van der Waals surface area contributed by atoms with Gasteiger partial charge in [0.15, 0.2) is 0 Å². The van der Waals surface area contributed by atoms with Crippen LogP contribution in [0.25, 0.3) is 32.8 Å². The molecular formula is C15H8ClNO. The smallest absolute Gasteiger partial charge is 0.144 e. The number of furan rings is 1. The lowest BCUT2D eigenvalue weighted by molar-refractivity contribution is 0.672. The van der Waals surface area contributed by atoms with E-state index < -0.39 is 0 Å². The predicted octanol–water partition coefficient (Wildman–Crippen LogP) is 4.79. The third-order valence-corrected chi connectivity index (χ3v) is 3.47. The Bertz CT molecular complexity index is 895. The topological polar surface area (TPSA) is 26.0 Å². The number of pyridine rings is 1. The highest BCUT2D eigenvalue weighted by Crippen LogP contribution is 2.36. The molecule has 0 spiro atoms. The summed E-state index contributed by atoms with van der Waals surface area (Å²) in [6, 6.07) is 13.8. The van der Waals surface area contributed by atoms with E-state index in [-0.39, 0.29) is 0 Å². The highest BCUT2D eigenvalue weighted by atomic mass is 35.5. The molecule has 86 valence electrons. The largest absolute Gasteiger partial charge is 0.455 e. The number of halogens is 1. The average Bonchev–Trinajstić information content (AvgIpc) is 2.78. The molecule has 0 N–H and O–H groups in total. The highest BCUT2D eigenvalue weighted by molar-refractivity contribution is 6.37. The average molecular weight is 254 g/mol. The van der Waals surface area contributed by atoms with E-state index in [1.165, 1.54) is 0 Å². The fraction of sp³-hybridized carbons (Fsp3) is 0. The van der Waals surface area contributed by atoms with Crippen molar-refractivity contribution in [2.24, 2.45) is 0 Å². The van der Waals surface area contributed by atoms with Gasteiger partial charge in [-0.05, 0) is 24.3 Å². The Morgan fingerprint density at radius 2 is 1.78 bits per heavy atom. The van der Waals surface area contributed by atoms with Gasteiger partial charge in [0.1, 0.15) is 11.2 Å². The second-order valence-corrected chi connectivity index (χ2v) is 4.64. The van der Waals surface area contributed by atoms with E-state index in [0.29, 0.717) is 5.02 Å². The minimum Gasteiger partial charge on any atom is -0.455 e. The first kappa shape index (κ1) is 9.92. The summed E-state index contributed by atoms with van der Waals surface area (Å²) in [6.45, 7) is 0. The van der Waals surface area contributed by atoms with Gasteiger partial charge in [-0.1, -0.05) is 29.8 Å². The van der Waals surface area contributed by atoms with Crippen molar-refractivity contribution < 1.29 is 4.42 Å². The number of benzene rings is 2. The molecule has 0 amide bonds. The van der Waals surface area contributed by atoms with Gasteiger partial charge in [-0.15, -0.1) is 0 Å². The minimum absolute atomic E-state index is 0.657. The third kappa shape index (κ3) is 1.21. The summed E-state index contributed by atoms with van der Waals surface area (Å²) in [5.74, 6) is 0. The molecule has 0 atom stereocenters. The molecule has 3 heteroatoms. The zero-order valence-corrected chi connectivity index (χ0v) is 10.1. The number of fused-ring (bicyclic) bond motifs is 5. The number of aromatic nitrogens is 1. The van der Waals surface area contributed by atoms with Gasteiger partial charge in [0.05, 0.1) is 10.5 Å². The van der Waals surface area contributed by atoms with Gasteiger partial charge in [0.2, 0.25) is 0 Å². The van der Waals surface area contributed by atoms with Crippen molar-refractivity contribution in [1.29, 1.82) is 0 Å². The van der Waals surface area contributed by atoms with E-state index in [2.05, 4.69) is 4.98 Å². The number of hydrogen-bond acceptors (Lipinski definition) is 2. The normalized spacial score (nSPS) is 11.6. The van der Waals surface area contributed by atoms with Crippen molar-refractivity contribution in [3.05, 3.63) is 53.7 Å². The molecule has 0 aliphatic heterocycles. The molecule has 2 nitrogen and oxygen atoms in total. The van der Waals surface area contributed by atoms with Crippen LogP contribution in [0.2, 0.25) is 5.02 Å². The molecule has 4 aromatic rings. The fourth-order valence-electron chi connectivity index (χ4n) is 2.38. The van der Waals surface area contributed by atoms with Crippen molar-refractivity contribution in [2.45, 2.75) is 0 Å². The lowest BCUT2D eigenvalue weighted by atomic mass is 10.1. The lowest BCUT2D eigenvalue weighted by Gasteiger charge is -1.99. The molecule has 0 saturated carbocycles. The first-order valence-corrected chi connectivity index (χ1v) is 6.07. The lowest BCUT2D eigenvalue weighted by Crippen LogP contribution is -1.79. The summed E-state index contributed by atoms with van der Waals surface area (Å²) in [5, 5.41) is 3.73. The van der Waals surface area contributed by atoms with Gasteiger partial charge in [-0.2, -0.15) is 0 Å². The van der Waals surface area contributed by atoms with Crippen LogP contribution in [0.3, 0.4) is 0 Å². The monoisotopic (exact) mass is 253 g/mol. The van der Waals surface area contributed by atoms with Crippen LogP contribution in [0, 0.1) is 0 Å². The maximum atomic E-state index is 6.29. The molecular weight excluding hydrogens is 246 g/mol. The van der Waals surface area contributed by atoms with Crippen molar-refractivity contribution in [2.75, 3.05) is 0 Å². The van der Waals surface area contributed by atoms with Gasteiger partial charge in [0.25, 0.3) is 0 Å². The van der Waals surface area contributed by atoms with Gasteiger partial charge in [0, 0.05) is 22.4 Å². The second kappa shape index (κ2) is 3.47. The van der Waals surface area contributed by atoms with Crippen LogP contribution in [-0.4, -0.2) is 4.98 Å². The first-order chi connectivity index (χ1) is 8.84. The molecule has 0 aliphatic carbocycles. The van der Waals surface area contributed by atoms with Crippen LogP contribution < -0.4 is 0 Å². The van der Waals surface area contributed by atoms with Gasteiger partial charge < -0.3 is 4.42 Å². The van der Waals surface area contributed by atoms with E-state index in [1.807, 2.05) is 42.5 Å². The predicted molar refractivity (Wildman–Crippen MR) is 74.0 cm³/mol. The van der Waals surface area contributed by atoms with Crippen LogP contribution >= 0.6 is 11.6 Å². The van der Waals surface area contributed by atoms with Gasteiger partial charge in [-0.25, -0.2) is 0 Å². The molecule has 0 fully saturated rings. The Hall–Kier alpha value is -2.06. The van der Waals surface area contributed by atoms with Crippen LogP contribution in [0.15, 0.2) is 53.1 Å². The maximum Gasteiger partial charge on any atom is 0.144 e. The Labute approximate surface area is 108 Å². The molecule has 2 aromatic carbocycles. The molecule has 0 saturated heterocycles. The number of para-hydroxylation sites is 1. The van der Waals surface area contributed by atoms with Gasteiger partial charge >= 0.3 is 0 Å². The zero-order valence-electron chi connectivity index (χ0n) is 9.35. The van der Waals surface area contributed by atoms with E-state index in [0.717, 1.165) is 32.8 Å². The molecule has 0 radical (unpaired) electrons.